The van der Waals surface area contributed by atoms with Gasteiger partial charge in [-0.1, -0.05) is 81.4 Å². The van der Waals surface area contributed by atoms with E-state index in [1.165, 1.54) is 18.4 Å². The lowest BCUT2D eigenvalue weighted by Crippen LogP contribution is -2.49. The number of nitrogens with one attached hydrogen (secondary N) is 1. The average molecular weight is 375 g/mol. The molecule has 1 saturated carbocycles. The minimum Gasteiger partial charge on any atom is -0.303 e. The topological polar surface area (TPSA) is 41.5 Å². The second-order valence-corrected chi connectivity index (χ2v) is 9.44. The molecule has 0 amide bonds. The molecule has 3 heteroatoms. The van der Waals surface area contributed by atoms with Crippen molar-refractivity contribution in [1.29, 1.82) is 0 Å². The monoisotopic (exact) mass is 374 g/mol. The first-order valence-electron chi connectivity index (χ1n) is 10.4. The van der Waals surface area contributed by atoms with Crippen molar-refractivity contribution >= 4 is 11.5 Å². The predicted molar refractivity (Wildman–Crippen MR) is 115 cm³/mol. The molecule has 28 heavy (non-hydrogen) atoms. The lowest BCUT2D eigenvalue weighted by molar-refractivity contribution is 0.104. The van der Waals surface area contributed by atoms with E-state index in [4.69, 9.17) is 0 Å². The van der Waals surface area contributed by atoms with E-state index >= 15 is 0 Å². The van der Waals surface area contributed by atoms with Gasteiger partial charge in [-0.25, -0.2) is 0 Å². The minimum atomic E-state index is -0.150. The Morgan fingerprint density at radius 2 is 1.54 bits per heavy atom. The number of rotatable bonds is 3. The van der Waals surface area contributed by atoms with Crippen LogP contribution in [0.3, 0.4) is 0 Å². The third kappa shape index (κ3) is 3.39. The van der Waals surface area contributed by atoms with Crippen molar-refractivity contribution in [3.05, 3.63) is 71.8 Å². The van der Waals surface area contributed by atoms with Gasteiger partial charge in [0.1, 0.15) is 5.71 Å². The first kappa shape index (κ1) is 18.9. The summed E-state index contributed by atoms with van der Waals surface area (Å²) in [5, 5.41) is 4.65. The van der Waals surface area contributed by atoms with E-state index in [0.717, 1.165) is 12.8 Å². The molecule has 1 atom stereocenters. The molecule has 0 aromatic heterocycles. The van der Waals surface area contributed by atoms with Crippen molar-refractivity contribution < 1.29 is 4.79 Å². The van der Waals surface area contributed by atoms with Crippen LogP contribution in [0, 0.1) is 11.3 Å². The molecular formula is C25H30N2O. The number of Topliss-reactive ketones (excluding diaryl/α,β-unsaturated/α-hetero) is 1. The van der Waals surface area contributed by atoms with E-state index in [2.05, 4.69) is 55.6 Å². The summed E-state index contributed by atoms with van der Waals surface area (Å²) in [7, 11) is 0. The molecule has 4 rings (SSSR count). The summed E-state index contributed by atoms with van der Waals surface area (Å²) in [5.41, 5.74) is 6.19. The highest BCUT2D eigenvalue weighted by molar-refractivity contribution is 6.48. The Labute approximate surface area is 168 Å². The third-order valence-corrected chi connectivity index (χ3v) is 6.73. The number of carbonyl (C=O) groups is 1. The smallest absolute Gasteiger partial charge is 0.209 e. The molecule has 1 unspecified atom stereocenters. The van der Waals surface area contributed by atoms with Crippen molar-refractivity contribution in [3.8, 4) is 0 Å². The van der Waals surface area contributed by atoms with E-state index < -0.39 is 0 Å². The summed E-state index contributed by atoms with van der Waals surface area (Å²) in [5.74, 6) is 0.754. The standard InChI is InChI=1S/C25H30N2O/c1-24(2,3)20-14-16-25(17-15-20)21(18-10-6-4-7-11-18)22(26-27-25)23(28)19-12-8-5-9-13-19/h4-13,20-21,27H,14-17H2,1-3H3. The van der Waals surface area contributed by atoms with Crippen LogP contribution in [0.25, 0.3) is 0 Å². The summed E-state index contributed by atoms with van der Waals surface area (Å²) in [6.07, 6.45) is 4.43. The maximum absolute atomic E-state index is 13.3. The Morgan fingerprint density at radius 1 is 0.964 bits per heavy atom. The molecule has 1 N–H and O–H groups in total. The Hall–Kier alpha value is -2.42. The van der Waals surface area contributed by atoms with Gasteiger partial charge < -0.3 is 5.43 Å². The molecule has 1 fully saturated rings. The van der Waals surface area contributed by atoms with Gasteiger partial charge in [0.2, 0.25) is 5.78 Å². The van der Waals surface area contributed by atoms with Crippen LogP contribution in [0.5, 0.6) is 0 Å². The van der Waals surface area contributed by atoms with Gasteiger partial charge >= 0.3 is 0 Å². The van der Waals surface area contributed by atoms with E-state index in [1.54, 1.807) is 0 Å². The Kier molecular flexibility index (Phi) is 4.86. The van der Waals surface area contributed by atoms with E-state index in [9.17, 15) is 4.79 Å². The van der Waals surface area contributed by atoms with Crippen molar-refractivity contribution in [3.63, 3.8) is 0 Å². The first-order valence-corrected chi connectivity index (χ1v) is 10.4. The molecule has 1 aliphatic heterocycles. The van der Waals surface area contributed by atoms with Crippen molar-refractivity contribution in [1.82, 2.24) is 5.43 Å². The average Bonchev–Trinajstić information content (AvgIpc) is 3.07. The first-order chi connectivity index (χ1) is 13.4. The zero-order valence-corrected chi connectivity index (χ0v) is 17.1. The van der Waals surface area contributed by atoms with Crippen molar-refractivity contribution in [2.24, 2.45) is 16.4 Å². The Bertz CT molecular complexity index is 856. The molecule has 0 saturated heterocycles. The largest absolute Gasteiger partial charge is 0.303 e. The molecule has 2 aliphatic rings. The third-order valence-electron chi connectivity index (χ3n) is 6.73. The molecule has 2 aromatic rings. The van der Waals surface area contributed by atoms with Gasteiger partial charge in [0, 0.05) is 5.56 Å². The highest BCUT2D eigenvalue weighted by Gasteiger charge is 2.51. The van der Waals surface area contributed by atoms with Gasteiger partial charge in [0.25, 0.3) is 0 Å². The van der Waals surface area contributed by atoms with Gasteiger partial charge in [-0.15, -0.1) is 0 Å². The summed E-state index contributed by atoms with van der Waals surface area (Å²) in [4.78, 5) is 13.3. The van der Waals surface area contributed by atoms with E-state index in [-0.39, 0.29) is 17.2 Å². The second-order valence-electron chi connectivity index (χ2n) is 9.44. The van der Waals surface area contributed by atoms with Crippen LogP contribution in [0.4, 0.5) is 0 Å². The zero-order valence-electron chi connectivity index (χ0n) is 17.1. The number of hydrazone groups is 1. The summed E-state index contributed by atoms with van der Waals surface area (Å²) >= 11 is 0. The maximum Gasteiger partial charge on any atom is 0.209 e. The number of hydrogen-bond donors (Lipinski definition) is 1. The van der Waals surface area contributed by atoms with Crippen molar-refractivity contribution in [2.75, 3.05) is 0 Å². The Morgan fingerprint density at radius 3 is 2.11 bits per heavy atom. The molecular weight excluding hydrogens is 344 g/mol. The number of carbonyl (C=O) groups excluding carboxylic acids is 1. The summed E-state index contributed by atoms with van der Waals surface area (Å²) in [6.45, 7) is 7.02. The van der Waals surface area contributed by atoms with Crippen LogP contribution in [-0.4, -0.2) is 17.0 Å². The van der Waals surface area contributed by atoms with Crippen LogP contribution in [0.1, 0.15) is 68.3 Å². The number of nitrogens with zero attached hydrogens (tertiary/aromatic N) is 1. The Balaban J connectivity index is 1.67. The molecule has 0 radical (unpaired) electrons. The fourth-order valence-corrected chi connectivity index (χ4v) is 5.00. The maximum atomic E-state index is 13.3. The molecule has 146 valence electrons. The quantitative estimate of drug-likeness (QED) is 0.712. The van der Waals surface area contributed by atoms with Gasteiger partial charge in [-0.3, -0.25) is 4.79 Å². The van der Waals surface area contributed by atoms with Gasteiger partial charge in [-0.2, -0.15) is 5.10 Å². The molecule has 1 heterocycles. The molecule has 2 aromatic carbocycles. The van der Waals surface area contributed by atoms with Crippen LogP contribution in [-0.2, 0) is 0 Å². The van der Waals surface area contributed by atoms with Gasteiger partial charge in [-0.05, 0) is 42.6 Å². The van der Waals surface area contributed by atoms with Gasteiger partial charge in [0.15, 0.2) is 0 Å². The summed E-state index contributed by atoms with van der Waals surface area (Å²) < 4.78 is 0. The number of benzene rings is 2. The van der Waals surface area contributed by atoms with Gasteiger partial charge in [0.05, 0.1) is 11.5 Å². The molecule has 3 nitrogen and oxygen atoms in total. The van der Waals surface area contributed by atoms with Crippen molar-refractivity contribution in [2.45, 2.75) is 57.9 Å². The molecule has 1 aliphatic carbocycles. The minimum absolute atomic E-state index is 0.00215. The number of hydrogen-bond acceptors (Lipinski definition) is 3. The SMILES string of the molecule is CC(C)(C)C1CCC2(CC1)NN=C(C(=O)c1ccccc1)C2c1ccccc1. The second kappa shape index (κ2) is 7.20. The highest BCUT2D eigenvalue weighted by Crippen LogP contribution is 2.49. The van der Waals surface area contributed by atoms with Crippen LogP contribution < -0.4 is 5.43 Å². The van der Waals surface area contributed by atoms with E-state index in [0.29, 0.717) is 22.6 Å². The fourth-order valence-electron chi connectivity index (χ4n) is 5.00. The highest BCUT2D eigenvalue weighted by atomic mass is 16.1. The zero-order chi connectivity index (χ0) is 19.8. The van der Waals surface area contributed by atoms with E-state index in [1.807, 2.05) is 36.4 Å². The molecule has 0 bridgehead atoms. The number of ketones is 1. The summed E-state index contributed by atoms with van der Waals surface area (Å²) in [6, 6.07) is 20.0. The normalized spacial score (nSPS) is 27.3. The predicted octanol–water partition coefficient (Wildman–Crippen LogP) is 5.59. The van der Waals surface area contributed by atoms with Crippen LogP contribution >= 0.6 is 0 Å². The fraction of sp³-hybridized carbons (Fsp3) is 0.440. The lowest BCUT2D eigenvalue weighted by atomic mass is 9.62. The van der Waals surface area contributed by atoms with Crippen LogP contribution in [0.15, 0.2) is 65.8 Å². The molecule has 1 spiro atoms. The van der Waals surface area contributed by atoms with Crippen LogP contribution in [0.2, 0.25) is 0 Å². The lowest BCUT2D eigenvalue weighted by Gasteiger charge is -2.45.